The molecule has 0 bridgehead atoms. The molecule has 1 aromatic rings. The van der Waals surface area contributed by atoms with Gasteiger partial charge in [-0.25, -0.2) is 13.2 Å². The molecule has 2 aliphatic carbocycles. The molecule has 0 aliphatic heterocycles. The molecule has 0 heterocycles. The van der Waals surface area contributed by atoms with Crippen LogP contribution < -0.4 is 0 Å². The molecule has 5 heteroatoms. The summed E-state index contributed by atoms with van der Waals surface area (Å²) >= 11 is 0. The molecule has 2 fully saturated rings. The van der Waals surface area contributed by atoms with E-state index in [1.54, 1.807) is 0 Å². The topological polar surface area (TPSA) is 23.5 Å². The van der Waals surface area contributed by atoms with Gasteiger partial charge in [0.15, 0.2) is 11.6 Å². The van der Waals surface area contributed by atoms with Gasteiger partial charge in [-0.3, -0.25) is 4.90 Å². The lowest BCUT2D eigenvalue weighted by Gasteiger charge is -2.25. The van der Waals surface area contributed by atoms with Crippen molar-refractivity contribution in [1.29, 1.82) is 0 Å². The third-order valence-corrected chi connectivity index (χ3v) is 5.08. The van der Waals surface area contributed by atoms with Crippen LogP contribution in [0.1, 0.15) is 31.2 Å². The standard InChI is InChI=1S/C16H20F3NO/c1-20(8-11-2-12(17)7-15(18)16(11)19)13-3-9-5-14(21)6-10(9)4-13/h2,7,9-10,13-14,21H,3-6,8H2,1H3/t9-,10+,13?,14?. The lowest BCUT2D eigenvalue weighted by Crippen LogP contribution is -2.30. The zero-order valence-electron chi connectivity index (χ0n) is 12.0. The molecule has 0 amide bonds. The summed E-state index contributed by atoms with van der Waals surface area (Å²) in [5.41, 5.74) is 0.0621. The highest BCUT2D eigenvalue weighted by Gasteiger charge is 2.42. The van der Waals surface area contributed by atoms with Crippen molar-refractivity contribution in [3.8, 4) is 0 Å². The van der Waals surface area contributed by atoms with Crippen molar-refractivity contribution in [3.63, 3.8) is 0 Å². The third-order valence-electron chi connectivity index (χ3n) is 5.08. The van der Waals surface area contributed by atoms with Gasteiger partial charge in [0, 0.05) is 24.2 Å². The number of fused-ring (bicyclic) bond motifs is 1. The quantitative estimate of drug-likeness (QED) is 0.867. The third kappa shape index (κ3) is 2.94. The lowest BCUT2D eigenvalue weighted by atomic mass is 10.0. The Bertz CT molecular complexity index is 522. The van der Waals surface area contributed by atoms with E-state index >= 15 is 0 Å². The molecule has 2 unspecified atom stereocenters. The Morgan fingerprint density at radius 2 is 1.71 bits per heavy atom. The summed E-state index contributed by atoms with van der Waals surface area (Å²) in [4.78, 5) is 1.97. The van der Waals surface area contributed by atoms with Crippen LogP contribution in [-0.2, 0) is 6.54 Å². The van der Waals surface area contributed by atoms with Crippen molar-refractivity contribution < 1.29 is 18.3 Å². The average Bonchev–Trinajstić information content (AvgIpc) is 2.92. The van der Waals surface area contributed by atoms with Crippen molar-refractivity contribution in [2.75, 3.05) is 7.05 Å². The Morgan fingerprint density at radius 3 is 2.33 bits per heavy atom. The Hall–Kier alpha value is -1.07. The Morgan fingerprint density at radius 1 is 1.10 bits per heavy atom. The molecule has 116 valence electrons. The minimum Gasteiger partial charge on any atom is -0.393 e. The van der Waals surface area contributed by atoms with Gasteiger partial charge in [0.05, 0.1) is 6.10 Å². The van der Waals surface area contributed by atoms with Crippen LogP contribution in [0.5, 0.6) is 0 Å². The smallest absolute Gasteiger partial charge is 0.163 e. The van der Waals surface area contributed by atoms with E-state index in [4.69, 9.17) is 0 Å². The highest BCUT2D eigenvalue weighted by molar-refractivity contribution is 5.20. The van der Waals surface area contributed by atoms with Crippen molar-refractivity contribution in [3.05, 3.63) is 35.1 Å². The van der Waals surface area contributed by atoms with Crippen LogP contribution in [0.15, 0.2) is 12.1 Å². The molecule has 2 saturated carbocycles. The van der Waals surface area contributed by atoms with Gasteiger partial charge in [-0.2, -0.15) is 0 Å². The molecule has 3 rings (SSSR count). The van der Waals surface area contributed by atoms with Gasteiger partial charge in [-0.15, -0.1) is 0 Å². The second-order valence-electron chi connectivity index (χ2n) is 6.55. The molecule has 21 heavy (non-hydrogen) atoms. The van der Waals surface area contributed by atoms with Crippen LogP contribution in [0.25, 0.3) is 0 Å². The van der Waals surface area contributed by atoms with Gasteiger partial charge >= 0.3 is 0 Å². The van der Waals surface area contributed by atoms with Crippen molar-refractivity contribution in [1.82, 2.24) is 4.90 Å². The molecule has 0 radical (unpaired) electrons. The SMILES string of the molecule is CN(Cc1cc(F)cc(F)c1F)C1C[C@H]2CC(O)C[C@H]2C1. The van der Waals surface area contributed by atoms with E-state index in [2.05, 4.69) is 0 Å². The minimum absolute atomic E-state index is 0.0621. The molecule has 1 aromatic carbocycles. The molecule has 2 nitrogen and oxygen atoms in total. The molecular weight excluding hydrogens is 279 g/mol. The first-order valence-corrected chi connectivity index (χ1v) is 7.45. The van der Waals surface area contributed by atoms with Crippen LogP contribution in [-0.4, -0.2) is 29.2 Å². The molecule has 2 aliphatic rings. The molecule has 0 aromatic heterocycles. The monoisotopic (exact) mass is 299 g/mol. The van der Waals surface area contributed by atoms with Gasteiger partial charge in [-0.05, 0) is 50.6 Å². The van der Waals surface area contributed by atoms with Crippen LogP contribution in [0, 0.1) is 29.3 Å². The fourth-order valence-electron chi connectivity index (χ4n) is 4.03. The summed E-state index contributed by atoms with van der Waals surface area (Å²) in [6.07, 6.45) is 3.45. The highest BCUT2D eigenvalue weighted by atomic mass is 19.2. The first-order valence-electron chi connectivity index (χ1n) is 7.45. The largest absolute Gasteiger partial charge is 0.393 e. The Balaban J connectivity index is 1.66. The number of rotatable bonds is 3. The number of hydrogen-bond acceptors (Lipinski definition) is 2. The Kier molecular flexibility index (Phi) is 3.97. The first-order chi connectivity index (χ1) is 9.94. The maximum Gasteiger partial charge on any atom is 0.163 e. The number of hydrogen-bond donors (Lipinski definition) is 1. The van der Waals surface area contributed by atoms with E-state index < -0.39 is 17.5 Å². The van der Waals surface area contributed by atoms with Crippen molar-refractivity contribution in [2.45, 2.75) is 44.4 Å². The van der Waals surface area contributed by atoms with Gasteiger partial charge in [-0.1, -0.05) is 0 Å². The van der Waals surface area contributed by atoms with Crippen molar-refractivity contribution in [2.24, 2.45) is 11.8 Å². The average molecular weight is 299 g/mol. The van der Waals surface area contributed by atoms with Crippen LogP contribution in [0.4, 0.5) is 13.2 Å². The Labute approximate surface area is 122 Å². The second-order valence-corrected chi connectivity index (χ2v) is 6.55. The fraction of sp³-hybridized carbons (Fsp3) is 0.625. The summed E-state index contributed by atoms with van der Waals surface area (Å²) in [5, 5.41) is 9.65. The lowest BCUT2D eigenvalue weighted by molar-refractivity contribution is 0.157. The maximum absolute atomic E-state index is 13.7. The van der Waals surface area contributed by atoms with E-state index in [1.807, 2.05) is 11.9 Å². The van der Waals surface area contributed by atoms with E-state index in [-0.39, 0.29) is 18.2 Å². The van der Waals surface area contributed by atoms with Gasteiger partial charge < -0.3 is 5.11 Å². The molecule has 0 saturated heterocycles. The molecule has 4 atom stereocenters. The van der Waals surface area contributed by atoms with Gasteiger partial charge in [0.2, 0.25) is 0 Å². The normalized spacial score (nSPS) is 31.9. The number of aliphatic hydroxyl groups excluding tert-OH is 1. The van der Waals surface area contributed by atoms with E-state index in [0.29, 0.717) is 23.9 Å². The zero-order chi connectivity index (χ0) is 15.1. The highest BCUT2D eigenvalue weighted by Crippen LogP contribution is 2.45. The van der Waals surface area contributed by atoms with Gasteiger partial charge in [0.25, 0.3) is 0 Å². The molecular formula is C16H20F3NO. The van der Waals surface area contributed by atoms with Crippen molar-refractivity contribution >= 4 is 0 Å². The molecule has 1 N–H and O–H groups in total. The predicted octanol–water partition coefficient (Wildman–Crippen LogP) is 3.09. The van der Waals surface area contributed by atoms with Crippen LogP contribution >= 0.6 is 0 Å². The van der Waals surface area contributed by atoms with Crippen LogP contribution in [0.2, 0.25) is 0 Å². The summed E-state index contributed by atoms with van der Waals surface area (Å²) in [5.74, 6) is -1.78. The zero-order valence-corrected chi connectivity index (χ0v) is 12.0. The fourth-order valence-corrected chi connectivity index (χ4v) is 4.03. The number of aliphatic hydroxyl groups is 1. The first kappa shape index (κ1) is 14.9. The summed E-state index contributed by atoms with van der Waals surface area (Å²) < 4.78 is 40.2. The minimum atomic E-state index is -1.13. The van der Waals surface area contributed by atoms with E-state index in [1.165, 1.54) is 0 Å². The van der Waals surface area contributed by atoms with Crippen LogP contribution in [0.3, 0.4) is 0 Å². The summed E-state index contributed by atoms with van der Waals surface area (Å²) in [6, 6.07) is 1.92. The van der Waals surface area contributed by atoms with E-state index in [9.17, 15) is 18.3 Å². The maximum atomic E-state index is 13.7. The number of nitrogens with zero attached hydrogens (tertiary/aromatic N) is 1. The molecule has 0 spiro atoms. The number of halogens is 3. The predicted molar refractivity (Wildman–Crippen MR) is 73.0 cm³/mol. The summed E-state index contributed by atoms with van der Waals surface area (Å²) in [6.45, 7) is 0.202. The number of benzene rings is 1. The van der Waals surface area contributed by atoms with E-state index in [0.717, 1.165) is 31.7 Å². The second kappa shape index (κ2) is 5.61. The van der Waals surface area contributed by atoms with Gasteiger partial charge in [0.1, 0.15) is 5.82 Å². The summed E-state index contributed by atoms with van der Waals surface area (Å²) in [7, 11) is 1.87.